The molecule has 4 heteroatoms. The summed E-state index contributed by atoms with van der Waals surface area (Å²) in [6, 6.07) is 9.07. The van der Waals surface area contributed by atoms with Crippen LogP contribution in [0.3, 0.4) is 0 Å². The van der Waals surface area contributed by atoms with E-state index in [-0.39, 0.29) is 5.88 Å². The minimum absolute atomic E-state index is 0.197. The molecule has 0 aliphatic heterocycles. The maximum absolute atomic E-state index is 11.5. The molecule has 1 rings (SSSR count). The van der Waals surface area contributed by atoms with Gasteiger partial charge in [0.2, 0.25) is 0 Å². The van der Waals surface area contributed by atoms with E-state index >= 15 is 0 Å². The van der Waals surface area contributed by atoms with Crippen molar-refractivity contribution in [2.45, 2.75) is 9.60 Å². The highest BCUT2D eigenvalue weighted by Crippen LogP contribution is 2.14. The molecule has 0 spiro atoms. The van der Waals surface area contributed by atoms with Gasteiger partial charge in [0.15, 0.2) is 0 Å². The van der Waals surface area contributed by atoms with E-state index < -0.39 is 15.5 Å². The van der Waals surface area contributed by atoms with Crippen LogP contribution in [0.5, 0.6) is 0 Å². The van der Waals surface area contributed by atoms with Gasteiger partial charge in [-0.1, -0.05) is 18.2 Å². The van der Waals surface area contributed by atoms with Crippen LogP contribution in [0.2, 0.25) is 0 Å². The zero-order chi connectivity index (χ0) is 8.97. The summed E-state index contributed by atoms with van der Waals surface area (Å²) in [5.74, 6) is 0.197. The summed E-state index contributed by atoms with van der Waals surface area (Å²) in [5.41, 5.74) is 0. The molecule has 0 N–H and O–H groups in total. The molecule has 1 nitrogen and oxygen atoms in total. The summed E-state index contributed by atoms with van der Waals surface area (Å²) < 4.78 is 11.0. The van der Waals surface area contributed by atoms with E-state index in [2.05, 4.69) is 0 Å². The number of alkyl halides is 2. The summed E-state index contributed by atoms with van der Waals surface area (Å²) in [7, 11) is -1.19. The van der Waals surface area contributed by atoms with Crippen molar-refractivity contribution in [2.24, 2.45) is 0 Å². The number of halogens is 2. The third kappa shape index (κ3) is 2.47. The SMILES string of the molecule is O=S(c1ccccc1)C(Cl)CCl. The largest absolute Gasteiger partial charge is 0.253 e. The maximum atomic E-state index is 11.5. The first-order valence-corrected chi connectivity index (χ1v) is 5.59. The van der Waals surface area contributed by atoms with Gasteiger partial charge in [-0.05, 0) is 12.1 Å². The third-order valence-electron chi connectivity index (χ3n) is 1.33. The Balaban J connectivity index is 2.79. The first kappa shape index (κ1) is 10.0. The molecular formula is C8H8Cl2OS. The summed E-state index contributed by atoms with van der Waals surface area (Å²) in [6.45, 7) is 0. The van der Waals surface area contributed by atoms with Gasteiger partial charge in [-0.3, -0.25) is 4.21 Å². The lowest BCUT2D eigenvalue weighted by atomic mass is 10.4. The Hall–Kier alpha value is -0.0500. The van der Waals surface area contributed by atoms with E-state index in [4.69, 9.17) is 23.2 Å². The van der Waals surface area contributed by atoms with Crippen molar-refractivity contribution in [3.63, 3.8) is 0 Å². The fourth-order valence-corrected chi connectivity index (χ4v) is 2.25. The molecule has 0 fully saturated rings. The summed E-state index contributed by atoms with van der Waals surface area (Å²) in [4.78, 5) is 0.721. The molecule has 66 valence electrons. The molecule has 12 heavy (non-hydrogen) atoms. The monoisotopic (exact) mass is 222 g/mol. The van der Waals surface area contributed by atoms with Crippen LogP contribution >= 0.6 is 23.2 Å². The fourth-order valence-electron chi connectivity index (χ4n) is 0.759. The first-order chi connectivity index (χ1) is 5.75. The molecule has 0 aliphatic carbocycles. The lowest BCUT2D eigenvalue weighted by Crippen LogP contribution is -2.09. The molecular weight excluding hydrogens is 215 g/mol. The average Bonchev–Trinajstić information content (AvgIpc) is 2.17. The van der Waals surface area contributed by atoms with Gasteiger partial charge in [0, 0.05) is 4.90 Å². The highest BCUT2D eigenvalue weighted by Gasteiger charge is 2.13. The topological polar surface area (TPSA) is 17.1 Å². The third-order valence-corrected chi connectivity index (χ3v) is 3.99. The molecule has 0 aliphatic rings. The van der Waals surface area contributed by atoms with E-state index in [1.807, 2.05) is 18.2 Å². The number of rotatable bonds is 3. The number of hydrogen-bond donors (Lipinski definition) is 0. The Morgan fingerprint density at radius 3 is 2.42 bits per heavy atom. The van der Waals surface area contributed by atoms with Gasteiger partial charge in [0.05, 0.1) is 16.7 Å². The predicted molar refractivity (Wildman–Crippen MR) is 53.2 cm³/mol. The van der Waals surface area contributed by atoms with Crippen molar-refractivity contribution in [3.05, 3.63) is 30.3 Å². The standard InChI is InChI=1S/C8H8Cl2OS/c9-6-8(10)12(11)7-4-2-1-3-5-7/h1-5,8H,6H2. The van der Waals surface area contributed by atoms with Crippen LogP contribution in [0.4, 0.5) is 0 Å². The number of benzene rings is 1. The van der Waals surface area contributed by atoms with E-state index in [0.29, 0.717) is 0 Å². The normalized spacial score (nSPS) is 15.5. The molecule has 0 amide bonds. The zero-order valence-electron chi connectivity index (χ0n) is 6.24. The second-order valence-corrected chi connectivity index (χ2v) is 4.90. The molecule has 0 saturated heterocycles. The minimum atomic E-state index is -1.19. The van der Waals surface area contributed by atoms with Gasteiger partial charge >= 0.3 is 0 Å². The van der Waals surface area contributed by atoms with E-state index in [1.54, 1.807) is 12.1 Å². The van der Waals surface area contributed by atoms with Crippen molar-refractivity contribution >= 4 is 34.0 Å². The van der Waals surface area contributed by atoms with Gasteiger partial charge in [0.25, 0.3) is 0 Å². The zero-order valence-corrected chi connectivity index (χ0v) is 8.57. The Labute approximate surface area is 84.1 Å². The molecule has 2 unspecified atom stereocenters. The van der Waals surface area contributed by atoms with Crippen LogP contribution in [0.1, 0.15) is 0 Å². The van der Waals surface area contributed by atoms with Crippen LogP contribution in [0, 0.1) is 0 Å². The van der Waals surface area contributed by atoms with Crippen molar-refractivity contribution < 1.29 is 4.21 Å². The summed E-state index contributed by atoms with van der Waals surface area (Å²) in [5, 5.41) is 0. The quantitative estimate of drug-likeness (QED) is 0.720. The molecule has 0 heterocycles. The predicted octanol–water partition coefficient (Wildman–Crippen LogP) is 2.60. The second kappa shape index (κ2) is 4.85. The lowest BCUT2D eigenvalue weighted by molar-refractivity contribution is 0.682. The Kier molecular flexibility index (Phi) is 4.06. The van der Waals surface area contributed by atoms with Crippen molar-refractivity contribution in [1.29, 1.82) is 0 Å². The van der Waals surface area contributed by atoms with Gasteiger partial charge in [-0.15, -0.1) is 23.2 Å². The average molecular weight is 223 g/mol. The van der Waals surface area contributed by atoms with Gasteiger partial charge in [-0.25, -0.2) is 0 Å². The minimum Gasteiger partial charge on any atom is -0.253 e. The highest BCUT2D eigenvalue weighted by molar-refractivity contribution is 7.87. The fraction of sp³-hybridized carbons (Fsp3) is 0.250. The molecule has 1 aromatic carbocycles. The molecule has 0 bridgehead atoms. The van der Waals surface area contributed by atoms with Crippen molar-refractivity contribution in [3.8, 4) is 0 Å². The smallest absolute Gasteiger partial charge is 0.127 e. The van der Waals surface area contributed by atoms with Gasteiger partial charge in [0.1, 0.15) is 4.71 Å². The molecule has 1 aromatic rings. The molecule has 2 atom stereocenters. The lowest BCUT2D eigenvalue weighted by Gasteiger charge is -2.04. The first-order valence-electron chi connectivity index (χ1n) is 3.41. The van der Waals surface area contributed by atoms with E-state index in [0.717, 1.165) is 4.90 Å². The van der Waals surface area contributed by atoms with Crippen molar-refractivity contribution in [1.82, 2.24) is 0 Å². The van der Waals surface area contributed by atoms with Crippen molar-refractivity contribution in [2.75, 3.05) is 5.88 Å². The Morgan fingerprint density at radius 1 is 1.33 bits per heavy atom. The Bertz CT molecular complexity index is 263. The van der Waals surface area contributed by atoms with E-state index in [9.17, 15) is 4.21 Å². The van der Waals surface area contributed by atoms with Gasteiger partial charge in [-0.2, -0.15) is 0 Å². The maximum Gasteiger partial charge on any atom is 0.127 e. The van der Waals surface area contributed by atoms with Gasteiger partial charge < -0.3 is 0 Å². The van der Waals surface area contributed by atoms with Crippen LogP contribution in [-0.2, 0) is 10.8 Å². The summed E-state index contributed by atoms with van der Waals surface area (Å²) in [6.07, 6.45) is 0. The van der Waals surface area contributed by atoms with Crippen LogP contribution in [0.15, 0.2) is 35.2 Å². The van der Waals surface area contributed by atoms with E-state index in [1.165, 1.54) is 0 Å². The molecule has 0 radical (unpaired) electrons. The number of hydrogen-bond acceptors (Lipinski definition) is 1. The molecule has 0 saturated carbocycles. The highest BCUT2D eigenvalue weighted by atomic mass is 35.5. The van der Waals surface area contributed by atoms with Crippen LogP contribution in [0.25, 0.3) is 0 Å². The summed E-state index contributed by atoms with van der Waals surface area (Å²) >= 11 is 11.2. The molecule has 0 aromatic heterocycles. The Morgan fingerprint density at radius 2 is 1.92 bits per heavy atom. The second-order valence-electron chi connectivity index (χ2n) is 2.17. The van der Waals surface area contributed by atoms with Crippen LogP contribution < -0.4 is 0 Å². The van der Waals surface area contributed by atoms with Crippen LogP contribution in [-0.4, -0.2) is 14.8 Å².